The number of fused-ring (bicyclic) bond motifs is 2. The van der Waals surface area contributed by atoms with Gasteiger partial charge < -0.3 is 19.6 Å². The van der Waals surface area contributed by atoms with E-state index in [1.165, 1.54) is 0 Å². The predicted molar refractivity (Wildman–Crippen MR) is 123 cm³/mol. The lowest BCUT2D eigenvalue weighted by atomic mass is 9.83. The minimum atomic E-state index is -1.06. The number of para-hydroxylation sites is 1. The first-order valence-corrected chi connectivity index (χ1v) is 11.1. The van der Waals surface area contributed by atoms with Crippen molar-refractivity contribution < 1.29 is 19.4 Å². The van der Waals surface area contributed by atoms with Crippen LogP contribution in [0.3, 0.4) is 0 Å². The van der Waals surface area contributed by atoms with Crippen molar-refractivity contribution in [1.82, 2.24) is 4.90 Å². The summed E-state index contributed by atoms with van der Waals surface area (Å²) in [7, 11) is 0. The molecule has 3 atom stereocenters. The van der Waals surface area contributed by atoms with Gasteiger partial charge in [0.2, 0.25) is 5.91 Å². The number of hydrogen-bond donors (Lipinski definition) is 1. The van der Waals surface area contributed by atoms with Crippen molar-refractivity contribution in [2.24, 2.45) is 5.92 Å². The number of ether oxygens (including phenoxy) is 1. The number of nitrogens with zero attached hydrogens (tertiary/aromatic N) is 2. The number of rotatable bonds is 8. The molecule has 1 spiro atoms. The lowest BCUT2D eigenvalue weighted by Crippen LogP contribution is -2.44. The van der Waals surface area contributed by atoms with E-state index in [1.807, 2.05) is 61.5 Å². The summed E-state index contributed by atoms with van der Waals surface area (Å²) in [5, 5.41) is 9.47. The molecule has 2 aromatic rings. The summed E-state index contributed by atoms with van der Waals surface area (Å²) < 4.78 is 6.45. The number of aliphatic hydroxyl groups is 1. The molecule has 0 aliphatic carbocycles. The highest BCUT2D eigenvalue weighted by molar-refractivity contribution is 6.07. The average molecular weight is 435 g/mol. The van der Waals surface area contributed by atoms with Crippen LogP contribution in [0.2, 0.25) is 0 Å². The Morgan fingerprint density at radius 1 is 1.25 bits per heavy atom. The molecule has 32 heavy (non-hydrogen) atoms. The molecule has 0 aromatic heterocycles. The van der Waals surface area contributed by atoms with Gasteiger partial charge in [-0.25, -0.2) is 0 Å². The van der Waals surface area contributed by atoms with Gasteiger partial charge in [-0.15, -0.1) is 6.58 Å². The number of amides is 2. The maximum atomic E-state index is 13.5. The molecular weight excluding hydrogens is 404 g/mol. The highest BCUT2D eigenvalue weighted by Gasteiger charge is 2.60. The molecule has 1 fully saturated rings. The number of carbonyl (C=O) groups excluding carboxylic acids is 2. The molecule has 0 unspecified atom stereocenters. The van der Waals surface area contributed by atoms with Gasteiger partial charge in [0.1, 0.15) is 0 Å². The van der Waals surface area contributed by atoms with Crippen LogP contribution in [-0.2, 0) is 26.5 Å². The molecule has 6 nitrogen and oxygen atoms in total. The van der Waals surface area contributed by atoms with E-state index in [2.05, 4.69) is 6.58 Å². The maximum Gasteiger partial charge on any atom is 0.264 e. The van der Waals surface area contributed by atoms with Gasteiger partial charge in [0.25, 0.3) is 5.91 Å². The van der Waals surface area contributed by atoms with Crippen LogP contribution in [0.5, 0.6) is 0 Å². The Kier molecular flexibility index (Phi) is 6.44. The summed E-state index contributed by atoms with van der Waals surface area (Å²) in [5.74, 6) is -0.236. The first-order chi connectivity index (χ1) is 15.5. The summed E-state index contributed by atoms with van der Waals surface area (Å²) in [4.78, 5) is 30.0. The quantitative estimate of drug-likeness (QED) is 0.648. The van der Waals surface area contributed by atoms with Crippen LogP contribution in [0.25, 0.3) is 0 Å². The van der Waals surface area contributed by atoms with Crippen LogP contribution < -0.4 is 4.90 Å². The monoisotopic (exact) mass is 434 g/mol. The van der Waals surface area contributed by atoms with E-state index in [4.69, 9.17) is 4.74 Å². The molecule has 0 bridgehead atoms. The van der Waals surface area contributed by atoms with E-state index >= 15 is 0 Å². The normalized spacial score (nSPS) is 24.1. The highest BCUT2D eigenvalue weighted by Crippen LogP contribution is 2.53. The first kappa shape index (κ1) is 22.2. The Hall–Kier alpha value is -2.96. The Bertz CT molecular complexity index is 992. The van der Waals surface area contributed by atoms with Crippen LogP contribution in [0.15, 0.2) is 67.3 Å². The molecule has 1 N–H and O–H groups in total. The van der Waals surface area contributed by atoms with Crippen molar-refractivity contribution in [3.63, 3.8) is 0 Å². The zero-order chi connectivity index (χ0) is 22.7. The Labute approximate surface area is 189 Å². The number of aliphatic hydroxyl groups excluding tert-OH is 1. The van der Waals surface area contributed by atoms with Crippen LogP contribution in [0, 0.1) is 5.92 Å². The number of benzene rings is 2. The molecule has 1 saturated heterocycles. The van der Waals surface area contributed by atoms with Crippen molar-refractivity contribution in [3.8, 4) is 0 Å². The molecule has 2 amide bonds. The SMILES string of the molecule is C=CCN1C(=O)[C@@]2(O[C@@H](CC(=O)N(CCO)Cc3ccccc3)C[C@H]2C)c2ccccc21. The fraction of sp³-hybridized carbons (Fsp3) is 0.385. The van der Waals surface area contributed by atoms with Crippen molar-refractivity contribution in [3.05, 3.63) is 78.4 Å². The predicted octanol–water partition coefficient (Wildman–Crippen LogP) is 3.25. The minimum Gasteiger partial charge on any atom is -0.395 e. The zero-order valence-electron chi connectivity index (χ0n) is 18.4. The Balaban J connectivity index is 1.53. The second-order valence-electron chi connectivity index (χ2n) is 8.56. The third-order valence-corrected chi connectivity index (χ3v) is 6.47. The fourth-order valence-corrected chi connectivity index (χ4v) is 5.00. The molecular formula is C26H30N2O4. The van der Waals surface area contributed by atoms with Gasteiger partial charge in [-0.1, -0.05) is 61.5 Å². The van der Waals surface area contributed by atoms with E-state index in [-0.39, 0.29) is 43.4 Å². The smallest absolute Gasteiger partial charge is 0.264 e. The van der Waals surface area contributed by atoms with Gasteiger partial charge in [0.15, 0.2) is 5.60 Å². The number of anilines is 1. The van der Waals surface area contributed by atoms with Gasteiger partial charge in [0.05, 0.1) is 24.8 Å². The number of hydrogen-bond acceptors (Lipinski definition) is 4. The first-order valence-electron chi connectivity index (χ1n) is 11.1. The molecule has 0 saturated carbocycles. The van der Waals surface area contributed by atoms with E-state index < -0.39 is 5.60 Å². The molecule has 168 valence electrons. The van der Waals surface area contributed by atoms with Gasteiger partial charge in [-0.3, -0.25) is 9.59 Å². The second-order valence-corrected chi connectivity index (χ2v) is 8.56. The minimum absolute atomic E-state index is 0.0656. The van der Waals surface area contributed by atoms with Gasteiger partial charge >= 0.3 is 0 Å². The largest absolute Gasteiger partial charge is 0.395 e. The van der Waals surface area contributed by atoms with Crippen molar-refractivity contribution in [1.29, 1.82) is 0 Å². The third-order valence-electron chi connectivity index (χ3n) is 6.47. The molecule has 4 rings (SSSR count). The van der Waals surface area contributed by atoms with Gasteiger partial charge in [-0.05, 0) is 18.1 Å². The molecule has 6 heteroatoms. The average Bonchev–Trinajstić information content (AvgIpc) is 3.24. The lowest BCUT2D eigenvalue weighted by Gasteiger charge is -2.28. The van der Waals surface area contributed by atoms with E-state index in [0.717, 1.165) is 16.8 Å². The summed E-state index contributed by atoms with van der Waals surface area (Å²) in [6.07, 6.45) is 2.14. The molecule has 2 aromatic carbocycles. The van der Waals surface area contributed by atoms with Crippen LogP contribution in [-0.4, -0.2) is 47.6 Å². The van der Waals surface area contributed by atoms with Crippen molar-refractivity contribution in [2.75, 3.05) is 24.6 Å². The molecule has 0 radical (unpaired) electrons. The summed E-state index contributed by atoms with van der Waals surface area (Å²) >= 11 is 0. The van der Waals surface area contributed by atoms with Crippen molar-refractivity contribution >= 4 is 17.5 Å². The Morgan fingerprint density at radius 2 is 1.97 bits per heavy atom. The topological polar surface area (TPSA) is 70.1 Å². The van der Waals surface area contributed by atoms with Crippen LogP contribution in [0.4, 0.5) is 5.69 Å². The summed E-state index contributed by atoms with van der Waals surface area (Å²) in [6, 6.07) is 17.4. The summed E-state index contributed by atoms with van der Waals surface area (Å²) in [6.45, 7) is 6.81. The van der Waals surface area contributed by atoms with Crippen LogP contribution >= 0.6 is 0 Å². The van der Waals surface area contributed by atoms with Crippen LogP contribution in [0.1, 0.15) is 30.9 Å². The molecule has 2 aliphatic heterocycles. The van der Waals surface area contributed by atoms with E-state index in [1.54, 1.807) is 15.9 Å². The Morgan fingerprint density at radius 3 is 2.69 bits per heavy atom. The standard InChI is InChI=1S/C26H30N2O4/c1-3-13-28-23-12-8-7-11-22(23)26(25(28)31)19(2)16-21(32-26)17-24(30)27(14-15-29)18-20-9-5-4-6-10-20/h3-12,19,21,29H,1,13-18H2,2H3/t19-,21-,26+/m1/s1. The maximum absolute atomic E-state index is 13.5. The highest BCUT2D eigenvalue weighted by atomic mass is 16.5. The molecule has 2 heterocycles. The third kappa shape index (κ3) is 3.85. The lowest BCUT2D eigenvalue weighted by molar-refractivity contribution is -0.149. The fourth-order valence-electron chi connectivity index (χ4n) is 5.00. The van der Waals surface area contributed by atoms with E-state index in [9.17, 15) is 14.7 Å². The van der Waals surface area contributed by atoms with E-state index in [0.29, 0.717) is 19.5 Å². The van der Waals surface area contributed by atoms with Gasteiger partial charge in [0, 0.05) is 31.1 Å². The zero-order valence-corrected chi connectivity index (χ0v) is 18.4. The second kappa shape index (κ2) is 9.27. The molecule has 2 aliphatic rings. The van der Waals surface area contributed by atoms with Gasteiger partial charge in [-0.2, -0.15) is 0 Å². The number of carbonyl (C=O) groups is 2. The van der Waals surface area contributed by atoms with Crippen molar-refractivity contribution in [2.45, 2.75) is 38.0 Å². The summed E-state index contributed by atoms with van der Waals surface area (Å²) in [5.41, 5.74) is 1.66.